The van der Waals surface area contributed by atoms with E-state index in [1.54, 1.807) is 12.2 Å². The molecule has 0 aromatic carbocycles. The normalized spacial score (nSPS) is 19.5. The summed E-state index contributed by atoms with van der Waals surface area (Å²) in [6.07, 6.45) is 5.25. The van der Waals surface area contributed by atoms with Crippen molar-refractivity contribution in [3.05, 3.63) is 34.9 Å². The molecule has 92 valence electrons. The molecule has 0 N–H and O–H groups in total. The van der Waals surface area contributed by atoms with Gasteiger partial charge in [-0.15, -0.1) is 0 Å². The minimum Gasteiger partial charge on any atom is -0.468 e. The summed E-state index contributed by atoms with van der Waals surface area (Å²) < 4.78 is 9.38. The van der Waals surface area contributed by atoms with E-state index in [4.69, 9.17) is 4.74 Å². The van der Waals surface area contributed by atoms with Crippen LogP contribution in [0.2, 0.25) is 0 Å². The summed E-state index contributed by atoms with van der Waals surface area (Å²) in [5, 5.41) is 0. The van der Waals surface area contributed by atoms with E-state index in [9.17, 15) is 9.59 Å². The van der Waals surface area contributed by atoms with E-state index in [0.29, 0.717) is 5.57 Å². The Hall–Kier alpha value is -1.84. The fourth-order valence-electron chi connectivity index (χ4n) is 1.76. The van der Waals surface area contributed by atoms with Crippen LogP contribution >= 0.6 is 0 Å². The van der Waals surface area contributed by atoms with Crippen LogP contribution in [0.4, 0.5) is 0 Å². The lowest BCUT2D eigenvalue weighted by molar-refractivity contribution is -0.145. The summed E-state index contributed by atoms with van der Waals surface area (Å²) in [4.78, 5) is 23.3. The monoisotopic (exact) mass is 236 g/mol. The van der Waals surface area contributed by atoms with Crippen molar-refractivity contribution in [1.29, 1.82) is 0 Å². The van der Waals surface area contributed by atoms with Gasteiger partial charge in [0.05, 0.1) is 19.8 Å². The molecular formula is C13H16O4. The number of methoxy groups -OCH3 is 2. The Morgan fingerprint density at radius 1 is 1.06 bits per heavy atom. The second kappa shape index (κ2) is 5.48. The number of carbonyl (C=O) groups excluding carboxylic acids is 2. The Balaban J connectivity index is 3.23. The molecule has 0 bridgehead atoms. The molecular weight excluding hydrogens is 220 g/mol. The summed E-state index contributed by atoms with van der Waals surface area (Å²) in [6.45, 7) is 3.73. The van der Waals surface area contributed by atoms with Gasteiger partial charge in [-0.05, 0) is 19.9 Å². The molecule has 1 aliphatic carbocycles. The van der Waals surface area contributed by atoms with E-state index in [0.717, 1.165) is 11.1 Å². The van der Waals surface area contributed by atoms with Gasteiger partial charge in [0.1, 0.15) is 5.92 Å². The van der Waals surface area contributed by atoms with E-state index in [1.165, 1.54) is 14.2 Å². The first-order valence-electron chi connectivity index (χ1n) is 5.24. The molecule has 0 radical (unpaired) electrons. The van der Waals surface area contributed by atoms with Gasteiger partial charge in [-0.25, -0.2) is 4.79 Å². The first kappa shape index (κ1) is 13.2. The van der Waals surface area contributed by atoms with Crippen LogP contribution in [-0.2, 0) is 19.1 Å². The number of allylic oxidation sites excluding steroid dienone is 4. The zero-order chi connectivity index (χ0) is 13.0. The van der Waals surface area contributed by atoms with Crippen molar-refractivity contribution in [3.8, 4) is 0 Å². The van der Waals surface area contributed by atoms with Gasteiger partial charge in [0.2, 0.25) is 0 Å². The van der Waals surface area contributed by atoms with Crippen molar-refractivity contribution >= 4 is 11.9 Å². The quantitative estimate of drug-likeness (QED) is 0.686. The minimum atomic E-state index is -0.707. The average molecular weight is 236 g/mol. The van der Waals surface area contributed by atoms with E-state index in [2.05, 4.69) is 4.74 Å². The van der Waals surface area contributed by atoms with Crippen LogP contribution in [0.1, 0.15) is 13.8 Å². The van der Waals surface area contributed by atoms with Gasteiger partial charge in [0, 0.05) is 0 Å². The Bertz CT molecular complexity index is 427. The van der Waals surface area contributed by atoms with Gasteiger partial charge in [0.15, 0.2) is 0 Å². The average Bonchev–Trinajstić information content (AvgIpc) is 2.45. The third-order valence-corrected chi connectivity index (χ3v) is 2.48. The predicted octanol–water partition coefficient (Wildman–Crippen LogP) is 1.78. The van der Waals surface area contributed by atoms with E-state index in [1.807, 2.05) is 19.9 Å². The Kier molecular flexibility index (Phi) is 4.26. The molecule has 0 aliphatic heterocycles. The number of hydrogen-bond acceptors (Lipinski definition) is 4. The topological polar surface area (TPSA) is 52.6 Å². The highest BCUT2D eigenvalue weighted by Gasteiger charge is 2.28. The Morgan fingerprint density at radius 2 is 1.71 bits per heavy atom. The summed E-state index contributed by atoms with van der Waals surface area (Å²) in [7, 11) is 2.59. The summed E-state index contributed by atoms with van der Waals surface area (Å²) in [6, 6.07) is 0. The van der Waals surface area contributed by atoms with Crippen molar-refractivity contribution in [2.75, 3.05) is 14.2 Å². The third-order valence-electron chi connectivity index (χ3n) is 2.48. The van der Waals surface area contributed by atoms with Crippen molar-refractivity contribution in [1.82, 2.24) is 0 Å². The van der Waals surface area contributed by atoms with Crippen LogP contribution < -0.4 is 0 Å². The highest BCUT2D eigenvalue weighted by Crippen LogP contribution is 2.24. The van der Waals surface area contributed by atoms with Crippen LogP contribution in [0.5, 0.6) is 0 Å². The van der Waals surface area contributed by atoms with Crippen LogP contribution in [-0.4, -0.2) is 26.2 Å². The number of rotatable bonds is 2. The fourth-order valence-corrected chi connectivity index (χ4v) is 1.76. The molecule has 1 aliphatic rings. The molecule has 17 heavy (non-hydrogen) atoms. The van der Waals surface area contributed by atoms with Crippen LogP contribution in [0, 0.1) is 5.92 Å². The maximum Gasteiger partial charge on any atom is 0.334 e. The maximum absolute atomic E-state index is 11.7. The van der Waals surface area contributed by atoms with E-state index >= 15 is 0 Å². The number of carbonyl (C=O) groups is 2. The Labute approximate surface area is 101 Å². The lowest BCUT2D eigenvalue weighted by Gasteiger charge is -2.12. The van der Waals surface area contributed by atoms with E-state index in [-0.39, 0.29) is 0 Å². The number of hydrogen-bond donors (Lipinski definition) is 0. The van der Waals surface area contributed by atoms with Crippen molar-refractivity contribution in [2.24, 2.45) is 5.92 Å². The molecule has 0 fully saturated rings. The standard InChI is InChI=1S/C13H16O4/c1-8-5-9(2)7-11(13(15)17-4)10(6-8)12(14)16-3/h5-7,10H,1-4H3. The summed E-state index contributed by atoms with van der Waals surface area (Å²) in [5.41, 5.74) is 2.10. The molecule has 0 heterocycles. The molecule has 4 heteroatoms. The Morgan fingerprint density at radius 3 is 2.24 bits per heavy atom. The minimum absolute atomic E-state index is 0.296. The van der Waals surface area contributed by atoms with Gasteiger partial charge < -0.3 is 9.47 Å². The van der Waals surface area contributed by atoms with Gasteiger partial charge in [-0.3, -0.25) is 4.79 Å². The lowest BCUT2D eigenvalue weighted by Crippen LogP contribution is -2.22. The molecule has 0 saturated carbocycles. The molecule has 0 aromatic rings. The van der Waals surface area contributed by atoms with Gasteiger partial charge >= 0.3 is 11.9 Å². The molecule has 1 rings (SSSR count). The maximum atomic E-state index is 11.7. The molecule has 1 atom stereocenters. The second-order valence-corrected chi connectivity index (χ2v) is 3.89. The largest absolute Gasteiger partial charge is 0.468 e. The predicted molar refractivity (Wildman–Crippen MR) is 63.1 cm³/mol. The van der Waals surface area contributed by atoms with Crippen LogP contribution in [0.3, 0.4) is 0 Å². The second-order valence-electron chi connectivity index (χ2n) is 3.89. The SMILES string of the molecule is COC(=O)C1=CC(C)=CC(C)=CC1C(=O)OC. The molecule has 0 amide bonds. The zero-order valence-electron chi connectivity index (χ0n) is 10.4. The van der Waals surface area contributed by atoms with Gasteiger partial charge in [0.25, 0.3) is 0 Å². The summed E-state index contributed by atoms with van der Waals surface area (Å²) in [5.74, 6) is -1.69. The van der Waals surface area contributed by atoms with Crippen molar-refractivity contribution in [3.63, 3.8) is 0 Å². The van der Waals surface area contributed by atoms with Crippen molar-refractivity contribution in [2.45, 2.75) is 13.8 Å². The van der Waals surface area contributed by atoms with Crippen LogP contribution in [0.15, 0.2) is 34.9 Å². The zero-order valence-corrected chi connectivity index (χ0v) is 10.4. The number of ether oxygens (including phenoxy) is 2. The number of esters is 2. The molecule has 4 nitrogen and oxygen atoms in total. The third kappa shape index (κ3) is 3.06. The molecule has 1 unspecified atom stereocenters. The summed E-state index contributed by atoms with van der Waals surface area (Å²) >= 11 is 0. The first-order chi connectivity index (χ1) is 7.99. The van der Waals surface area contributed by atoms with E-state index < -0.39 is 17.9 Å². The highest BCUT2D eigenvalue weighted by atomic mass is 16.5. The lowest BCUT2D eigenvalue weighted by atomic mass is 9.97. The van der Waals surface area contributed by atoms with Crippen molar-refractivity contribution < 1.29 is 19.1 Å². The molecule has 0 spiro atoms. The van der Waals surface area contributed by atoms with Crippen LogP contribution in [0.25, 0.3) is 0 Å². The molecule has 0 aromatic heterocycles. The fraction of sp³-hybridized carbons (Fsp3) is 0.385. The highest BCUT2D eigenvalue weighted by molar-refractivity contribution is 5.97. The molecule has 0 saturated heterocycles. The first-order valence-corrected chi connectivity index (χ1v) is 5.24. The van der Waals surface area contributed by atoms with Gasteiger partial charge in [-0.2, -0.15) is 0 Å². The smallest absolute Gasteiger partial charge is 0.334 e. The van der Waals surface area contributed by atoms with Gasteiger partial charge in [-0.1, -0.05) is 23.3 Å².